The first-order valence-corrected chi connectivity index (χ1v) is 8.92. The zero-order valence-corrected chi connectivity index (χ0v) is 14.8. The predicted molar refractivity (Wildman–Crippen MR) is 99.3 cm³/mol. The third-order valence-corrected chi connectivity index (χ3v) is 5.59. The molecule has 0 aromatic heterocycles. The minimum Gasteiger partial charge on any atom is -0.350 e. The first kappa shape index (κ1) is 15.6. The first-order chi connectivity index (χ1) is 11.5. The van der Waals surface area contributed by atoms with E-state index in [9.17, 15) is 0 Å². The maximum absolute atomic E-state index is 6.28. The summed E-state index contributed by atoms with van der Waals surface area (Å²) < 4.78 is 6.28. The average Bonchev–Trinajstić information content (AvgIpc) is 3.09. The van der Waals surface area contributed by atoms with E-state index in [1.54, 1.807) is 0 Å². The van der Waals surface area contributed by atoms with Gasteiger partial charge in [0.25, 0.3) is 0 Å². The Labute approximate surface area is 144 Å². The molecule has 2 nitrogen and oxygen atoms in total. The third-order valence-electron chi connectivity index (χ3n) is 5.59. The average molecular weight is 319 g/mol. The molecule has 0 amide bonds. The molecule has 1 fully saturated rings. The second kappa shape index (κ2) is 5.56. The second-order valence-electron chi connectivity index (χ2n) is 7.81. The minimum absolute atomic E-state index is 0.0607. The Bertz CT molecular complexity index is 760. The Morgan fingerprint density at radius 1 is 0.917 bits per heavy atom. The van der Waals surface area contributed by atoms with Crippen LogP contribution in [-0.4, -0.2) is 17.5 Å². The van der Waals surface area contributed by atoms with Gasteiger partial charge < -0.3 is 4.74 Å². The lowest BCUT2D eigenvalue weighted by atomic mass is 9.78. The maximum Gasteiger partial charge on any atom is 0.165 e. The quantitative estimate of drug-likeness (QED) is 0.719. The third kappa shape index (κ3) is 2.50. The zero-order valence-electron chi connectivity index (χ0n) is 14.8. The van der Waals surface area contributed by atoms with Crippen molar-refractivity contribution in [2.24, 2.45) is 10.4 Å². The molecule has 2 aliphatic rings. The minimum atomic E-state index is -0.320. The van der Waals surface area contributed by atoms with Crippen LogP contribution in [-0.2, 0) is 4.74 Å². The van der Waals surface area contributed by atoms with Gasteiger partial charge in [0.05, 0.1) is 6.10 Å². The number of rotatable bonds is 2. The van der Waals surface area contributed by atoms with Gasteiger partial charge in [-0.05, 0) is 42.9 Å². The second-order valence-corrected chi connectivity index (χ2v) is 7.81. The van der Waals surface area contributed by atoms with Gasteiger partial charge in [-0.1, -0.05) is 68.4 Å². The summed E-state index contributed by atoms with van der Waals surface area (Å²) in [6.45, 7) is 6.74. The summed E-state index contributed by atoms with van der Waals surface area (Å²) in [4.78, 5) is 5.09. The van der Waals surface area contributed by atoms with Gasteiger partial charge in [0.1, 0.15) is 0 Å². The molecule has 0 radical (unpaired) electrons. The summed E-state index contributed by atoms with van der Waals surface area (Å²) in [7, 11) is 0. The van der Waals surface area contributed by atoms with Crippen molar-refractivity contribution in [2.75, 3.05) is 0 Å². The van der Waals surface area contributed by atoms with Gasteiger partial charge in [0.15, 0.2) is 5.72 Å². The van der Waals surface area contributed by atoms with E-state index in [1.165, 1.54) is 22.4 Å². The molecule has 1 spiro atoms. The summed E-state index contributed by atoms with van der Waals surface area (Å²) in [5.41, 5.74) is 4.65. The summed E-state index contributed by atoms with van der Waals surface area (Å²) in [5, 5.41) is 0. The van der Waals surface area contributed by atoms with Crippen molar-refractivity contribution < 1.29 is 4.74 Å². The molecule has 2 atom stereocenters. The number of hydrogen-bond donors (Lipinski definition) is 0. The fourth-order valence-electron chi connectivity index (χ4n) is 4.05. The van der Waals surface area contributed by atoms with Crippen LogP contribution in [0.2, 0.25) is 0 Å². The Balaban J connectivity index is 1.64. The number of hydrogen-bond acceptors (Lipinski definition) is 2. The van der Waals surface area contributed by atoms with Crippen molar-refractivity contribution in [1.29, 1.82) is 0 Å². The molecule has 124 valence electrons. The molecular formula is C22H25NO. The van der Waals surface area contributed by atoms with Crippen molar-refractivity contribution in [3.63, 3.8) is 0 Å². The fourth-order valence-corrected chi connectivity index (χ4v) is 4.05. The number of nitrogens with zero attached hydrogens (tertiary/aromatic N) is 1. The molecule has 2 aromatic rings. The normalized spacial score (nSPS) is 28.3. The van der Waals surface area contributed by atoms with E-state index in [4.69, 9.17) is 9.73 Å². The molecule has 0 saturated carbocycles. The smallest absolute Gasteiger partial charge is 0.165 e. The monoisotopic (exact) mass is 319 g/mol. The summed E-state index contributed by atoms with van der Waals surface area (Å²) in [6, 6.07) is 19.3. The molecule has 24 heavy (non-hydrogen) atoms. The topological polar surface area (TPSA) is 21.6 Å². The Kier molecular flexibility index (Phi) is 3.61. The standard InChI is InChI=1S/C22H25NO/c1-16-13-14-22(24-16)21(2,3)15-20(23-22)19-11-9-18(10-12-19)17-7-5-4-6-8-17/h4-12,16H,13-15H2,1-3H3. The lowest BCUT2D eigenvalue weighted by Crippen LogP contribution is -2.39. The zero-order chi connectivity index (χ0) is 16.8. The van der Waals surface area contributed by atoms with Crippen molar-refractivity contribution >= 4 is 5.71 Å². The van der Waals surface area contributed by atoms with Gasteiger partial charge in [-0.25, -0.2) is 0 Å². The van der Waals surface area contributed by atoms with Crippen LogP contribution in [0, 0.1) is 5.41 Å². The van der Waals surface area contributed by atoms with Gasteiger partial charge in [-0.15, -0.1) is 0 Å². The molecule has 1 saturated heterocycles. The van der Waals surface area contributed by atoms with Crippen LogP contribution in [0.5, 0.6) is 0 Å². The lowest BCUT2D eigenvalue weighted by Gasteiger charge is -2.35. The molecule has 4 rings (SSSR count). The van der Waals surface area contributed by atoms with Crippen LogP contribution in [0.15, 0.2) is 59.6 Å². The van der Waals surface area contributed by atoms with E-state index in [0.29, 0.717) is 6.10 Å². The van der Waals surface area contributed by atoms with Crippen molar-refractivity contribution in [2.45, 2.75) is 51.9 Å². The first-order valence-electron chi connectivity index (χ1n) is 8.92. The van der Waals surface area contributed by atoms with E-state index < -0.39 is 0 Å². The molecule has 0 aliphatic carbocycles. The fraction of sp³-hybridized carbons (Fsp3) is 0.409. The van der Waals surface area contributed by atoms with Crippen LogP contribution in [0.4, 0.5) is 0 Å². The van der Waals surface area contributed by atoms with Gasteiger partial charge in [-0.2, -0.15) is 0 Å². The lowest BCUT2D eigenvalue weighted by molar-refractivity contribution is -0.0927. The van der Waals surface area contributed by atoms with E-state index in [1.807, 2.05) is 0 Å². The van der Waals surface area contributed by atoms with Crippen LogP contribution >= 0.6 is 0 Å². The molecule has 2 aliphatic heterocycles. The molecule has 2 unspecified atom stereocenters. The van der Waals surface area contributed by atoms with Crippen LogP contribution < -0.4 is 0 Å². The van der Waals surface area contributed by atoms with Gasteiger partial charge in [0, 0.05) is 11.1 Å². The Morgan fingerprint density at radius 2 is 1.54 bits per heavy atom. The maximum atomic E-state index is 6.28. The van der Waals surface area contributed by atoms with Gasteiger partial charge in [-0.3, -0.25) is 4.99 Å². The highest BCUT2D eigenvalue weighted by molar-refractivity contribution is 6.03. The molecule has 2 aromatic carbocycles. The van der Waals surface area contributed by atoms with Crippen molar-refractivity contribution in [3.8, 4) is 11.1 Å². The van der Waals surface area contributed by atoms with E-state index in [0.717, 1.165) is 19.3 Å². The Hall–Kier alpha value is -1.93. The van der Waals surface area contributed by atoms with Gasteiger partial charge >= 0.3 is 0 Å². The van der Waals surface area contributed by atoms with Crippen molar-refractivity contribution in [3.05, 3.63) is 60.2 Å². The molecular weight excluding hydrogens is 294 g/mol. The highest BCUT2D eigenvalue weighted by Gasteiger charge is 2.54. The molecule has 0 N–H and O–H groups in total. The number of ether oxygens (including phenoxy) is 1. The molecule has 0 bridgehead atoms. The summed E-state index contributed by atoms with van der Waals surface area (Å²) >= 11 is 0. The van der Waals surface area contributed by atoms with E-state index >= 15 is 0 Å². The largest absolute Gasteiger partial charge is 0.350 e. The molecule has 2 heterocycles. The SMILES string of the molecule is CC1CCC2(N=C(c3ccc(-c4ccccc4)cc3)CC2(C)C)O1. The van der Waals surface area contributed by atoms with Crippen LogP contribution in [0.1, 0.15) is 45.6 Å². The molecule has 2 heteroatoms. The van der Waals surface area contributed by atoms with Crippen molar-refractivity contribution in [1.82, 2.24) is 0 Å². The van der Waals surface area contributed by atoms with E-state index in [2.05, 4.69) is 75.4 Å². The van der Waals surface area contributed by atoms with Crippen LogP contribution in [0.25, 0.3) is 11.1 Å². The summed E-state index contributed by atoms with van der Waals surface area (Å²) in [5.74, 6) is 0. The van der Waals surface area contributed by atoms with Gasteiger partial charge in [0.2, 0.25) is 0 Å². The summed E-state index contributed by atoms with van der Waals surface area (Å²) in [6.07, 6.45) is 3.43. The van der Waals surface area contributed by atoms with Crippen LogP contribution in [0.3, 0.4) is 0 Å². The Morgan fingerprint density at radius 3 is 2.17 bits per heavy atom. The number of aliphatic imine (C=N–C) groups is 1. The predicted octanol–water partition coefficient (Wildman–Crippen LogP) is 5.47. The highest BCUT2D eigenvalue weighted by Crippen LogP contribution is 2.51. The van der Waals surface area contributed by atoms with E-state index in [-0.39, 0.29) is 11.1 Å². The number of benzene rings is 2. The highest BCUT2D eigenvalue weighted by atomic mass is 16.5.